The predicted molar refractivity (Wildman–Crippen MR) is 101 cm³/mol. The zero-order valence-electron chi connectivity index (χ0n) is 15.0. The van der Waals surface area contributed by atoms with E-state index < -0.39 is 0 Å². The zero-order chi connectivity index (χ0) is 18.6. The van der Waals surface area contributed by atoms with Crippen molar-refractivity contribution in [2.45, 2.75) is 39.5 Å². The van der Waals surface area contributed by atoms with Gasteiger partial charge in [-0.05, 0) is 68.2 Å². The first-order chi connectivity index (χ1) is 12.4. The number of likely N-dealkylation sites (tertiary alicyclic amines) is 1. The number of nitrogens with zero attached hydrogens (tertiary/aromatic N) is 1. The quantitative estimate of drug-likeness (QED) is 0.761. The third-order valence-corrected chi connectivity index (χ3v) is 7.22. The summed E-state index contributed by atoms with van der Waals surface area (Å²) in [6.45, 7) is 4.09. The van der Waals surface area contributed by atoms with Crippen LogP contribution in [0, 0.1) is 37.5 Å². The van der Waals surface area contributed by atoms with Gasteiger partial charge in [-0.15, -0.1) is 0 Å². The fraction of sp³-hybridized carbons (Fsp3) is 0.550. The number of nitrogens with one attached hydrogen (secondary N) is 1. The molecule has 3 amide bonds. The van der Waals surface area contributed by atoms with Crippen LogP contribution in [0.25, 0.3) is 0 Å². The van der Waals surface area contributed by atoms with Crippen LogP contribution in [0.2, 0.25) is 0 Å². The molecule has 0 unspecified atom stereocenters. The van der Waals surface area contributed by atoms with Crippen molar-refractivity contribution in [2.75, 3.05) is 11.9 Å². The largest absolute Gasteiger partial charge is 0.326 e. The second-order valence-corrected chi connectivity index (χ2v) is 8.78. The number of carbonyl (C=O) groups is 3. The summed E-state index contributed by atoms with van der Waals surface area (Å²) in [5.74, 6) is 0.283. The Hall–Kier alpha value is -1.69. The first kappa shape index (κ1) is 17.7. The van der Waals surface area contributed by atoms with Crippen LogP contribution in [0.1, 0.15) is 36.8 Å². The molecule has 5 nitrogen and oxygen atoms in total. The average Bonchev–Trinajstić information content (AvgIpc) is 3.26. The van der Waals surface area contributed by atoms with Crippen LogP contribution in [-0.4, -0.2) is 29.2 Å². The van der Waals surface area contributed by atoms with Crippen molar-refractivity contribution in [3.8, 4) is 0 Å². The molecule has 1 saturated heterocycles. The van der Waals surface area contributed by atoms with Crippen LogP contribution in [-0.2, 0) is 14.4 Å². The van der Waals surface area contributed by atoms with Crippen molar-refractivity contribution in [3.63, 3.8) is 0 Å². The monoisotopic (exact) mass is 418 g/mol. The van der Waals surface area contributed by atoms with Gasteiger partial charge >= 0.3 is 0 Å². The second kappa shape index (κ2) is 6.48. The molecule has 1 aromatic carbocycles. The molecule has 0 aromatic heterocycles. The van der Waals surface area contributed by atoms with Gasteiger partial charge in [-0.1, -0.05) is 15.9 Å². The van der Waals surface area contributed by atoms with Crippen LogP contribution < -0.4 is 5.32 Å². The lowest BCUT2D eigenvalue weighted by Gasteiger charge is -2.19. The molecular weight excluding hydrogens is 396 g/mol. The lowest BCUT2D eigenvalue weighted by atomic mass is 9.81. The van der Waals surface area contributed by atoms with Crippen molar-refractivity contribution < 1.29 is 14.4 Å². The van der Waals surface area contributed by atoms with Gasteiger partial charge in [0.15, 0.2) is 0 Å². The molecule has 2 aliphatic carbocycles. The highest BCUT2D eigenvalue weighted by atomic mass is 79.9. The van der Waals surface area contributed by atoms with Crippen LogP contribution in [0.5, 0.6) is 0 Å². The number of fused-ring (bicyclic) bond motifs is 5. The molecule has 4 rings (SSSR count). The van der Waals surface area contributed by atoms with Crippen molar-refractivity contribution in [2.24, 2.45) is 23.7 Å². The Morgan fingerprint density at radius 1 is 1.12 bits per heavy atom. The topological polar surface area (TPSA) is 66.5 Å². The number of aryl methyl sites for hydroxylation is 2. The van der Waals surface area contributed by atoms with Crippen molar-refractivity contribution in [1.82, 2.24) is 4.90 Å². The van der Waals surface area contributed by atoms with Crippen LogP contribution in [0.15, 0.2) is 16.6 Å². The van der Waals surface area contributed by atoms with Gasteiger partial charge in [0.25, 0.3) is 0 Å². The van der Waals surface area contributed by atoms with Gasteiger partial charge < -0.3 is 5.32 Å². The summed E-state index contributed by atoms with van der Waals surface area (Å²) in [4.78, 5) is 39.0. The molecule has 138 valence electrons. The Kier molecular flexibility index (Phi) is 4.41. The smallest absolute Gasteiger partial charge is 0.233 e. The van der Waals surface area contributed by atoms with Crippen LogP contribution >= 0.6 is 15.9 Å². The third kappa shape index (κ3) is 2.79. The second-order valence-electron chi connectivity index (χ2n) is 7.93. The Morgan fingerprint density at radius 3 is 2.35 bits per heavy atom. The van der Waals surface area contributed by atoms with Crippen LogP contribution in [0.4, 0.5) is 5.69 Å². The Balaban J connectivity index is 1.39. The molecule has 26 heavy (non-hydrogen) atoms. The summed E-state index contributed by atoms with van der Waals surface area (Å²) >= 11 is 3.48. The number of halogens is 1. The van der Waals surface area contributed by atoms with E-state index >= 15 is 0 Å². The van der Waals surface area contributed by atoms with E-state index in [0.29, 0.717) is 11.8 Å². The summed E-state index contributed by atoms with van der Waals surface area (Å²) in [6, 6.07) is 3.89. The van der Waals surface area contributed by atoms with E-state index in [2.05, 4.69) is 21.2 Å². The first-order valence-electron chi connectivity index (χ1n) is 9.28. The summed E-state index contributed by atoms with van der Waals surface area (Å²) in [5, 5.41) is 2.90. The summed E-state index contributed by atoms with van der Waals surface area (Å²) < 4.78 is 1.00. The van der Waals surface area contributed by atoms with E-state index in [1.807, 2.05) is 26.0 Å². The Morgan fingerprint density at radius 2 is 1.73 bits per heavy atom. The zero-order valence-corrected chi connectivity index (χ0v) is 16.6. The van der Waals surface area contributed by atoms with Gasteiger partial charge in [0.05, 0.1) is 11.8 Å². The molecule has 1 aromatic rings. The maximum Gasteiger partial charge on any atom is 0.233 e. The maximum absolute atomic E-state index is 12.7. The lowest BCUT2D eigenvalue weighted by Crippen LogP contribution is -2.35. The number of rotatable bonds is 4. The van der Waals surface area contributed by atoms with Gasteiger partial charge in [0.1, 0.15) is 0 Å². The highest BCUT2D eigenvalue weighted by Gasteiger charge is 2.60. The Bertz CT molecular complexity index is 778. The Labute approximate surface area is 161 Å². The van der Waals surface area contributed by atoms with Gasteiger partial charge in [0, 0.05) is 23.1 Å². The van der Waals surface area contributed by atoms with E-state index in [9.17, 15) is 14.4 Å². The lowest BCUT2D eigenvalue weighted by molar-refractivity contribution is -0.140. The highest BCUT2D eigenvalue weighted by Crippen LogP contribution is 2.56. The molecular formula is C20H23BrN2O3. The number of imide groups is 1. The van der Waals surface area contributed by atoms with Crippen molar-refractivity contribution >= 4 is 39.3 Å². The number of hydrogen-bond donors (Lipinski definition) is 1. The molecule has 3 fully saturated rings. The number of hydrogen-bond acceptors (Lipinski definition) is 3. The fourth-order valence-corrected chi connectivity index (χ4v) is 5.49. The first-order valence-corrected chi connectivity index (χ1v) is 10.1. The van der Waals surface area contributed by atoms with Gasteiger partial charge in [-0.2, -0.15) is 0 Å². The summed E-state index contributed by atoms with van der Waals surface area (Å²) in [6.07, 6.45) is 3.31. The highest BCUT2D eigenvalue weighted by molar-refractivity contribution is 9.10. The fourth-order valence-electron chi connectivity index (χ4n) is 5.03. The van der Waals surface area contributed by atoms with E-state index in [-0.39, 0.29) is 42.5 Å². The summed E-state index contributed by atoms with van der Waals surface area (Å²) in [5.41, 5.74) is 2.78. The number of anilines is 1. The van der Waals surface area contributed by atoms with Gasteiger partial charge in [-0.3, -0.25) is 19.3 Å². The number of amides is 3. The van der Waals surface area contributed by atoms with E-state index in [4.69, 9.17) is 0 Å². The number of carbonyl (C=O) groups excluding carboxylic acids is 3. The van der Waals surface area contributed by atoms with Crippen molar-refractivity contribution in [3.05, 3.63) is 27.7 Å². The molecule has 2 saturated carbocycles. The summed E-state index contributed by atoms with van der Waals surface area (Å²) in [7, 11) is 0. The van der Waals surface area contributed by atoms with E-state index in [0.717, 1.165) is 40.5 Å². The van der Waals surface area contributed by atoms with Gasteiger partial charge in [0.2, 0.25) is 17.7 Å². The SMILES string of the molecule is Cc1cc(NC(=O)CCN2C(=O)[C@H]3[C@H]4CC[C@@H](C4)[C@@H]3C2=O)c(C)cc1Br. The minimum atomic E-state index is -0.171. The molecule has 1 heterocycles. The predicted octanol–water partition coefficient (Wildman–Crippen LogP) is 3.43. The van der Waals surface area contributed by atoms with E-state index in [1.165, 1.54) is 4.90 Å². The minimum absolute atomic E-state index is 0.0457. The molecule has 0 radical (unpaired) electrons. The molecule has 3 aliphatic rings. The molecule has 1 N–H and O–H groups in total. The minimum Gasteiger partial charge on any atom is -0.326 e. The van der Waals surface area contributed by atoms with E-state index in [1.54, 1.807) is 0 Å². The van der Waals surface area contributed by atoms with Crippen LogP contribution in [0.3, 0.4) is 0 Å². The maximum atomic E-state index is 12.7. The average molecular weight is 419 g/mol. The molecule has 0 spiro atoms. The standard InChI is InChI=1S/C20H23BrN2O3/c1-10-8-15(11(2)7-14(10)21)22-16(24)5-6-23-19(25)17-12-3-4-13(9-12)18(17)20(23)26/h7-8,12-13,17-18H,3-6,9H2,1-2H3,(H,22,24)/t12-,13-,17-,18-/m0/s1. The number of benzene rings is 1. The van der Waals surface area contributed by atoms with Gasteiger partial charge in [-0.25, -0.2) is 0 Å². The molecule has 6 heteroatoms. The third-order valence-electron chi connectivity index (χ3n) is 6.36. The molecule has 2 bridgehead atoms. The normalized spacial score (nSPS) is 29.4. The van der Waals surface area contributed by atoms with Crippen molar-refractivity contribution in [1.29, 1.82) is 0 Å². The molecule has 4 atom stereocenters. The molecule has 1 aliphatic heterocycles.